The maximum atomic E-state index is 12.4. The summed E-state index contributed by atoms with van der Waals surface area (Å²) in [5.41, 5.74) is 8.04. The SMILES string of the molecule is CC(C)C(NC(=O)Cc1ccc(N)cc1)c1nc(-c2ccncc2)no1.Cl.Cl. The highest BCUT2D eigenvalue weighted by atomic mass is 35.5. The molecule has 150 valence electrons. The van der Waals surface area contributed by atoms with Gasteiger partial charge in [0.15, 0.2) is 0 Å². The normalized spacial score (nSPS) is 11.2. The Morgan fingerprint density at radius 1 is 1.11 bits per heavy atom. The number of pyridine rings is 1. The summed E-state index contributed by atoms with van der Waals surface area (Å²) in [6.45, 7) is 3.98. The van der Waals surface area contributed by atoms with Crippen LogP contribution in [0, 0.1) is 5.92 Å². The number of halogens is 2. The minimum absolute atomic E-state index is 0. The van der Waals surface area contributed by atoms with E-state index in [-0.39, 0.29) is 49.1 Å². The zero-order valence-electron chi connectivity index (χ0n) is 15.5. The molecule has 3 aromatic rings. The molecule has 9 heteroatoms. The summed E-state index contributed by atoms with van der Waals surface area (Å²) in [5.74, 6) is 0.839. The highest BCUT2D eigenvalue weighted by Crippen LogP contribution is 2.23. The molecule has 1 unspecified atom stereocenters. The number of hydrogen-bond acceptors (Lipinski definition) is 6. The largest absolute Gasteiger partial charge is 0.399 e. The fraction of sp³-hybridized carbons (Fsp3) is 0.263. The van der Waals surface area contributed by atoms with Crippen molar-refractivity contribution in [3.05, 3.63) is 60.2 Å². The number of carbonyl (C=O) groups is 1. The maximum absolute atomic E-state index is 12.4. The predicted molar refractivity (Wildman–Crippen MR) is 112 cm³/mol. The van der Waals surface area contributed by atoms with Crippen molar-refractivity contribution in [1.29, 1.82) is 0 Å². The Bertz CT molecular complexity index is 870. The molecule has 0 fully saturated rings. The van der Waals surface area contributed by atoms with Gasteiger partial charge >= 0.3 is 0 Å². The standard InChI is InChI=1S/C19H21N5O2.2ClH/c1-12(2)17(22-16(25)11-13-3-5-15(20)6-4-13)19-23-18(24-26-19)14-7-9-21-10-8-14;;/h3-10,12,17H,11,20H2,1-2H3,(H,22,25);2*1H. The highest BCUT2D eigenvalue weighted by molar-refractivity contribution is 5.85. The molecule has 0 aliphatic carbocycles. The summed E-state index contributed by atoms with van der Waals surface area (Å²) in [6, 6.07) is 10.5. The van der Waals surface area contributed by atoms with E-state index in [4.69, 9.17) is 10.3 Å². The van der Waals surface area contributed by atoms with Gasteiger partial charge in [-0.15, -0.1) is 24.8 Å². The second-order valence-electron chi connectivity index (χ2n) is 6.40. The molecule has 1 amide bonds. The number of amides is 1. The maximum Gasteiger partial charge on any atom is 0.249 e. The minimum atomic E-state index is -0.362. The van der Waals surface area contributed by atoms with E-state index < -0.39 is 0 Å². The van der Waals surface area contributed by atoms with E-state index in [9.17, 15) is 4.79 Å². The first-order valence-electron chi connectivity index (χ1n) is 8.40. The Kier molecular flexibility index (Phi) is 8.88. The van der Waals surface area contributed by atoms with E-state index in [1.807, 2.05) is 26.0 Å². The molecule has 7 nitrogen and oxygen atoms in total. The lowest BCUT2D eigenvalue weighted by atomic mass is 10.0. The average Bonchev–Trinajstić information content (AvgIpc) is 3.12. The first kappa shape index (κ1) is 23.4. The summed E-state index contributed by atoms with van der Waals surface area (Å²) < 4.78 is 5.40. The lowest BCUT2D eigenvalue weighted by Crippen LogP contribution is -2.33. The third-order valence-electron chi connectivity index (χ3n) is 3.97. The van der Waals surface area contributed by atoms with E-state index in [1.54, 1.807) is 36.7 Å². The van der Waals surface area contributed by atoms with Crippen LogP contribution < -0.4 is 11.1 Å². The molecule has 3 rings (SSSR count). The number of nitrogens with zero attached hydrogens (tertiary/aromatic N) is 3. The summed E-state index contributed by atoms with van der Waals surface area (Å²) >= 11 is 0. The zero-order chi connectivity index (χ0) is 18.5. The van der Waals surface area contributed by atoms with Gasteiger partial charge in [-0.1, -0.05) is 31.1 Å². The number of anilines is 1. The Morgan fingerprint density at radius 3 is 2.36 bits per heavy atom. The number of carbonyl (C=O) groups excluding carboxylic acids is 1. The smallest absolute Gasteiger partial charge is 0.249 e. The molecule has 28 heavy (non-hydrogen) atoms. The van der Waals surface area contributed by atoms with Gasteiger partial charge in [0.25, 0.3) is 0 Å². The molecule has 0 spiro atoms. The van der Waals surface area contributed by atoms with Gasteiger partial charge in [-0.05, 0) is 35.7 Å². The number of benzene rings is 1. The van der Waals surface area contributed by atoms with Crippen LogP contribution in [-0.4, -0.2) is 21.0 Å². The number of aromatic nitrogens is 3. The highest BCUT2D eigenvalue weighted by Gasteiger charge is 2.24. The lowest BCUT2D eigenvalue weighted by molar-refractivity contribution is -0.121. The van der Waals surface area contributed by atoms with Crippen molar-refractivity contribution < 1.29 is 9.32 Å². The fourth-order valence-corrected chi connectivity index (χ4v) is 2.54. The number of hydrogen-bond donors (Lipinski definition) is 2. The van der Waals surface area contributed by atoms with E-state index >= 15 is 0 Å². The molecule has 0 aliphatic rings. The van der Waals surface area contributed by atoms with Crippen molar-refractivity contribution in [2.24, 2.45) is 5.92 Å². The Labute approximate surface area is 175 Å². The molecule has 1 atom stereocenters. The van der Waals surface area contributed by atoms with Crippen molar-refractivity contribution in [1.82, 2.24) is 20.4 Å². The van der Waals surface area contributed by atoms with Crippen LogP contribution in [0.1, 0.15) is 31.3 Å². The number of nitrogens with one attached hydrogen (secondary N) is 1. The van der Waals surface area contributed by atoms with Crippen LogP contribution in [0.3, 0.4) is 0 Å². The van der Waals surface area contributed by atoms with Gasteiger partial charge in [-0.3, -0.25) is 9.78 Å². The molecule has 3 N–H and O–H groups in total. The topological polar surface area (TPSA) is 107 Å². The van der Waals surface area contributed by atoms with Crippen LogP contribution in [0.5, 0.6) is 0 Å². The third-order valence-corrected chi connectivity index (χ3v) is 3.97. The summed E-state index contributed by atoms with van der Waals surface area (Å²) in [5, 5.41) is 6.99. The van der Waals surface area contributed by atoms with Gasteiger partial charge < -0.3 is 15.6 Å². The van der Waals surface area contributed by atoms with Crippen molar-refractivity contribution in [3.63, 3.8) is 0 Å². The molecule has 2 heterocycles. The number of nitrogen functional groups attached to an aromatic ring is 1. The third kappa shape index (κ3) is 5.94. The molecule has 0 saturated heterocycles. The molecule has 0 aliphatic heterocycles. The Hall–Kier alpha value is -2.64. The van der Waals surface area contributed by atoms with Crippen LogP contribution in [0.4, 0.5) is 5.69 Å². The van der Waals surface area contributed by atoms with Crippen LogP contribution in [-0.2, 0) is 11.2 Å². The summed E-state index contributed by atoms with van der Waals surface area (Å²) in [7, 11) is 0. The number of rotatable bonds is 6. The summed E-state index contributed by atoms with van der Waals surface area (Å²) in [4.78, 5) is 20.8. The average molecular weight is 424 g/mol. The fourth-order valence-electron chi connectivity index (χ4n) is 2.54. The molecule has 0 radical (unpaired) electrons. The van der Waals surface area contributed by atoms with Crippen molar-refractivity contribution >= 4 is 36.4 Å². The van der Waals surface area contributed by atoms with E-state index in [0.717, 1.165) is 11.1 Å². The molecule has 1 aromatic carbocycles. The van der Waals surface area contributed by atoms with E-state index in [2.05, 4.69) is 20.4 Å². The van der Waals surface area contributed by atoms with Gasteiger partial charge in [0.1, 0.15) is 6.04 Å². The molecular weight excluding hydrogens is 401 g/mol. The van der Waals surface area contributed by atoms with Gasteiger partial charge in [-0.2, -0.15) is 4.98 Å². The Morgan fingerprint density at radius 2 is 1.75 bits per heavy atom. The molecule has 0 bridgehead atoms. The first-order valence-corrected chi connectivity index (χ1v) is 8.40. The monoisotopic (exact) mass is 423 g/mol. The van der Waals surface area contributed by atoms with Gasteiger partial charge in [-0.25, -0.2) is 0 Å². The first-order chi connectivity index (χ1) is 12.5. The van der Waals surface area contributed by atoms with Crippen LogP contribution in [0.25, 0.3) is 11.4 Å². The molecule has 2 aromatic heterocycles. The molecular formula is C19H23Cl2N5O2. The van der Waals surface area contributed by atoms with Crippen LogP contribution in [0.15, 0.2) is 53.3 Å². The predicted octanol–water partition coefficient (Wildman–Crippen LogP) is 3.61. The van der Waals surface area contributed by atoms with Gasteiger partial charge in [0.2, 0.25) is 17.6 Å². The summed E-state index contributed by atoms with van der Waals surface area (Å²) in [6.07, 6.45) is 3.59. The van der Waals surface area contributed by atoms with Crippen molar-refractivity contribution in [2.45, 2.75) is 26.3 Å². The van der Waals surface area contributed by atoms with Crippen molar-refractivity contribution in [3.8, 4) is 11.4 Å². The second kappa shape index (κ2) is 10.6. The molecule has 0 saturated carbocycles. The van der Waals surface area contributed by atoms with Crippen molar-refractivity contribution in [2.75, 3.05) is 5.73 Å². The van der Waals surface area contributed by atoms with Gasteiger partial charge in [0, 0.05) is 23.6 Å². The quantitative estimate of drug-likeness (QED) is 0.586. The second-order valence-corrected chi connectivity index (χ2v) is 6.40. The number of nitrogens with two attached hydrogens (primary N) is 1. The van der Waals surface area contributed by atoms with E-state index in [0.29, 0.717) is 17.4 Å². The zero-order valence-corrected chi connectivity index (χ0v) is 17.2. The van der Waals surface area contributed by atoms with Crippen LogP contribution in [0.2, 0.25) is 0 Å². The minimum Gasteiger partial charge on any atom is -0.399 e. The Balaban J connectivity index is 0.00000196. The van der Waals surface area contributed by atoms with Crippen LogP contribution >= 0.6 is 24.8 Å². The van der Waals surface area contributed by atoms with Gasteiger partial charge in [0.05, 0.1) is 6.42 Å². The lowest BCUT2D eigenvalue weighted by Gasteiger charge is -2.18. The van der Waals surface area contributed by atoms with E-state index in [1.165, 1.54) is 0 Å².